The summed E-state index contributed by atoms with van der Waals surface area (Å²) in [5, 5.41) is 4.29. The van der Waals surface area contributed by atoms with Gasteiger partial charge in [-0.15, -0.1) is 0 Å². The number of rotatable bonds is 3. The Bertz CT molecular complexity index is 535. The van der Waals surface area contributed by atoms with Crippen molar-refractivity contribution in [3.63, 3.8) is 0 Å². The fraction of sp³-hybridized carbons (Fsp3) is 0.462. The minimum Gasteiger partial charge on any atom is -0.376 e. The molecule has 0 spiro atoms. The molecule has 1 fully saturated rings. The molecule has 0 bridgehead atoms. The maximum absolute atomic E-state index is 5.59. The number of aryl methyl sites for hydroxylation is 1. The average Bonchev–Trinajstić information content (AvgIpc) is 2.82. The van der Waals surface area contributed by atoms with Crippen molar-refractivity contribution >= 4 is 26.7 Å². The summed E-state index contributed by atoms with van der Waals surface area (Å²) < 4.78 is 12.2. The van der Waals surface area contributed by atoms with Crippen LogP contribution in [-0.2, 0) is 9.47 Å². The van der Waals surface area contributed by atoms with Gasteiger partial charge in [0.15, 0.2) is 5.13 Å². The number of benzene rings is 1. The second-order valence-corrected chi connectivity index (χ2v) is 5.42. The standard InChI is InChI=1S/C13H16N2O2S/c1-9-3-2-4-11-12(9)15-13(18-11)14-7-10-8-16-5-6-17-10/h2-4,10H,5-8H2,1H3,(H,14,15). The Hall–Kier alpha value is -1.17. The van der Waals surface area contributed by atoms with Crippen LogP contribution in [0.3, 0.4) is 0 Å². The molecule has 0 aliphatic carbocycles. The van der Waals surface area contributed by atoms with Crippen molar-refractivity contribution in [1.82, 2.24) is 4.98 Å². The number of nitrogens with one attached hydrogen (secondary N) is 1. The number of anilines is 1. The normalized spacial score (nSPS) is 20.2. The molecule has 1 N–H and O–H groups in total. The van der Waals surface area contributed by atoms with E-state index in [1.54, 1.807) is 11.3 Å². The lowest BCUT2D eigenvalue weighted by molar-refractivity contribution is -0.0818. The minimum absolute atomic E-state index is 0.131. The number of ether oxygens (including phenoxy) is 2. The van der Waals surface area contributed by atoms with E-state index in [9.17, 15) is 0 Å². The fourth-order valence-corrected chi connectivity index (χ4v) is 2.97. The van der Waals surface area contributed by atoms with Crippen LogP contribution in [0.5, 0.6) is 0 Å². The number of thiazole rings is 1. The number of hydrogen-bond acceptors (Lipinski definition) is 5. The molecule has 2 heterocycles. The number of para-hydroxylation sites is 1. The lowest BCUT2D eigenvalue weighted by Gasteiger charge is -2.22. The van der Waals surface area contributed by atoms with Gasteiger partial charge < -0.3 is 14.8 Å². The molecular formula is C13H16N2O2S. The van der Waals surface area contributed by atoms with E-state index in [1.165, 1.54) is 10.3 Å². The van der Waals surface area contributed by atoms with Crippen LogP contribution in [0.1, 0.15) is 5.56 Å². The lowest BCUT2D eigenvalue weighted by atomic mass is 10.2. The highest BCUT2D eigenvalue weighted by molar-refractivity contribution is 7.22. The second kappa shape index (κ2) is 5.22. The van der Waals surface area contributed by atoms with Gasteiger partial charge in [-0.1, -0.05) is 23.5 Å². The SMILES string of the molecule is Cc1cccc2sc(NCC3COCCO3)nc12. The molecule has 0 amide bonds. The number of fused-ring (bicyclic) bond motifs is 1. The van der Waals surface area contributed by atoms with Crippen molar-refractivity contribution in [1.29, 1.82) is 0 Å². The summed E-state index contributed by atoms with van der Waals surface area (Å²) >= 11 is 1.68. The van der Waals surface area contributed by atoms with E-state index in [-0.39, 0.29) is 6.10 Å². The zero-order valence-corrected chi connectivity index (χ0v) is 11.1. The molecule has 1 aromatic carbocycles. The zero-order chi connectivity index (χ0) is 12.4. The van der Waals surface area contributed by atoms with Gasteiger partial charge in [0, 0.05) is 6.54 Å². The Morgan fingerprint density at radius 2 is 2.39 bits per heavy atom. The molecule has 1 saturated heterocycles. The first kappa shape index (κ1) is 11.9. The predicted molar refractivity (Wildman–Crippen MR) is 73.4 cm³/mol. The Morgan fingerprint density at radius 1 is 1.44 bits per heavy atom. The molecule has 2 aromatic rings. The molecule has 1 aliphatic heterocycles. The summed E-state index contributed by atoms with van der Waals surface area (Å²) in [5.41, 5.74) is 2.31. The van der Waals surface area contributed by atoms with Gasteiger partial charge in [-0.25, -0.2) is 4.98 Å². The lowest BCUT2D eigenvalue weighted by Crippen LogP contribution is -2.34. The largest absolute Gasteiger partial charge is 0.376 e. The maximum atomic E-state index is 5.59. The predicted octanol–water partition coefficient (Wildman–Crippen LogP) is 2.43. The third kappa shape index (κ3) is 2.48. The molecule has 1 aromatic heterocycles. The van der Waals surface area contributed by atoms with Crippen LogP contribution in [-0.4, -0.2) is 37.5 Å². The van der Waals surface area contributed by atoms with Gasteiger partial charge >= 0.3 is 0 Å². The van der Waals surface area contributed by atoms with Gasteiger partial charge in [-0.3, -0.25) is 0 Å². The Morgan fingerprint density at radius 3 is 3.17 bits per heavy atom. The van der Waals surface area contributed by atoms with Crippen molar-refractivity contribution in [2.24, 2.45) is 0 Å². The third-order valence-corrected chi connectivity index (χ3v) is 3.96. The van der Waals surface area contributed by atoms with Crippen molar-refractivity contribution in [3.05, 3.63) is 23.8 Å². The number of hydrogen-bond donors (Lipinski definition) is 1. The Kier molecular flexibility index (Phi) is 3.45. The Labute approximate surface area is 110 Å². The monoisotopic (exact) mass is 264 g/mol. The molecular weight excluding hydrogens is 248 g/mol. The van der Waals surface area contributed by atoms with Gasteiger partial charge in [0.25, 0.3) is 0 Å². The van der Waals surface area contributed by atoms with Crippen molar-refractivity contribution < 1.29 is 9.47 Å². The van der Waals surface area contributed by atoms with E-state index in [4.69, 9.17) is 9.47 Å². The van der Waals surface area contributed by atoms with Crippen LogP contribution in [0.4, 0.5) is 5.13 Å². The molecule has 0 radical (unpaired) electrons. The molecule has 5 heteroatoms. The summed E-state index contributed by atoms with van der Waals surface area (Å²) in [4.78, 5) is 4.61. The van der Waals surface area contributed by atoms with Gasteiger partial charge in [0.2, 0.25) is 0 Å². The highest BCUT2D eigenvalue weighted by Crippen LogP contribution is 2.27. The molecule has 1 unspecified atom stereocenters. The fourth-order valence-electron chi connectivity index (χ4n) is 2.02. The number of nitrogens with zero attached hydrogens (tertiary/aromatic N) is 1. The van der Waals surface area contributed by atoms with E-state index in [0.29, 0.717) is 19.8 Å². The molecule has 1 atom stereocenters. The van der Waals surface area contributed by atoms with Crippen LogP contribution >= 0.6 is 11.3 Å². The average molecular weight is 264 g/mol. The van der Waals surface area contributed by atoms with Gasteiger partial charge in [-0.2, -0.15) is 0 Å². The summed E-state index contributed by atoms with van der Waals surface area (Å²) in [6, 6.07) is 6.26. The molecule has 0 saturated carbocycles. The molecule has 1 aliphatic rings. The third-order valence-electron chi connectivity index (χ3n) is 2.99. The quantitative estimate of drug-likeness (QED) is 0.924. The first-order chi connectivity index (χ1) is 8.83. The Balaban J connectivity index is 1.69. The molecule has 18 heavy (non-hydrogen) atoms. The van der Waals surface area contributed by atoms with E-state index in [1.807, 2.05) is 0 Å². The van der Waals surface area contributed by atoms with Crippen LogP contribution in [0, 0.1) is 6.92 Å². The summed E-state index contributed by atoms with van der Waals surface area (Å²) in [5.74, 6) is 0. The van der Waals surface area contributed by atoms with Crippen molar-refractivity contribution in [3.8, 4) is 0 Å². The first-order valence-corrected chi connectivity index (χ1v) is 6.94. The van der Waals surface area contributed by atoms with Crippen molar-refractivity contribution in [2.45, 2.75) is 13.0 Å². The van der Waals surface area contributed by atoms with Crippen LogP contribution in [0.15, 0.2) is 18.2 Å². The van der Waals surface area contributed by atoms with Gasteiger partial charge in [0.1, 0.15) is 0 Å². The van der Waals surface area contributed by atoms with Crippen LogP contribution in [0.2, 0.25) is 0 Å². The highest BCUT2D eigenvalue weighted by Gasteiger charge is 2.14. The van der Waals surface area contributed by atoms with E-state index in [2.05, 4.69) is 35.4 Å². The summed E-state index contributed by atoms with van der Waals surface area (Å²) in [6.45, 7) is 4.89. The first-order valence-electron chi connectivity index (χ1n) is 6.12. The van der Waals surface area contributed by atoms with Crippen LogP contribution < -0.4 is 5.32 Å². The van der Waals surface area contributed by atoms with Crippen molar-refractivity contribution in [2.75, 3.05) is 31.7 Å². The molecule has 96 valence electrons. The molecule has 4 nitrogen and oxygen atoms in total. The smallest absolute Gasteiger partial charge is 0.183 e. The van der Waals surface area contributed by atoms with Gasteiger partial charge in [0.05, 0.1) is 36.1 Å². The van der Waals surface area contributed by atoms with E-state index >= 15 is 0 Å². The van der Waals surface area contributed by atoms with Gasteiger partial charge in [-0.05, 0) is 18.6 Å². The zero-order valence-electron chi connectivity index (χ0n) is 10.3. The summed E-state index contributed by atoms with van der Waals surface area (Å²) in [7, 11) is 0. The van der Waals surface area contributed by atoms with E-state index in [0.717, 1.165) is 17.2 Å². The molecule has 3 rings (SSSR count). The highest BCUT2D eigenvalue weighted by atomic mass is 32.1. The summed E-state index contributed by atoms with van der Waals surface area (Å²) in [6.07, 6.45) is 0.131. The van der Waals surface area contributed by atoms with Crippen LogP contribution in [0.25, 0.3) is 10.2 Å². The second-order valence-electron chi connectivity index (χ2n) is 4.39. The number of aromatic nitrogens is 1. The topological polar surface area (TPSA) is 43.4 Å². The maximum Gasteiger partial charge on any atom is 0.183 e. The minimum atomic E-state index is 0.131. The van der Waals surface area contributed by atoms with E-state index < -0.39 is 0 Å².